The molecule has 1 aliphatic carbocycles. The van der Waals surface area contributed by atoms with Crippen molar-refractivity contribution in [3.8, 4) is 0 Å². The van der Waals surface area contributed by atoms with Gasteiger partial charge in [-0.1, -0.05) is 31.4 Å². The van der Waals surface area contributed by atoms with Crippen LogP contribution in [0.3, 0.4) is 0 Å². The summed E-state index contributed by atoms with van der Waals surface area (Å²) in [6, 6.07) is 7.92. The lowest BCUT2D eigenvalue weighted by Gasteiger charge is -2.32. The molecule has 0 unspecified atom stereocenters. The van der Waals surface area contributed by atoms with E-state index in [0.29, 0.717) is 12.3 Å². The van der Waals surface area contributed by atoms with Crippen LogP contribution in [0, 0.1) is 0 Å². The Morgan fingerprint density at radius 2 is 2.12 bits per heavy atom. The van der Waals surface area contributed by atoms with Gasteiger partial charge in [0.2, 0.25) is 5.91 Å². The minimum absolute atomic E-state index is 0.0260. The fourth-order valence-corrected chi connectivity index (χ4v) is 3.92. The van der Waals surface area contributed by atoms with E-state index < -0.39 is 5.60 Å². The number of hydrogen-bond donors (Lipinski definition) is 3. The first kappa shape index (κ1) is 17.3. The smallest absolute Gasteiger partial charge is 0.230 e. The van der Waals surface area contributed by atoms with Crippen LogP contribution in [0.15, 0.2) is 24.3 Å². The monoisotopic (exact) mass is 347 g/mol. The zero-order valence-electron chi connectivity index (χ0n) is 14.0. The quantitative estimate of drug-likeness (QED) is 0.750. The number of imidazole rings is 1. The van der Waals surface area contributed by atoms with Crippen LogP contribution in [-0.4, -0.2) is 38.9 Å². The van der Waals surface area contributed by atoms with Gasteiger partial charge in [0.15, 0.2) is 0 Å². The number of aromatic nitrogens is 2. The number of amides is 1. The van der Waals surface area contributed by atoms with Crippen molar-refractivity contribution in [1.82, 2.24) is 15.3 Å². The van der Waals surface area contributed by atoms with Gasteiger partial charge in [-0.3, -0.25) is 4.79 Å². The molecule has 1 heterocycles. The standard InChI is InChI=1S/C18H25N3O2S/c1-13(17-20-14-7-3-4-8-15(14)21-17)24-11-16(22)19-12-18(23)9-5-2-6-10-18/h3-4,7-8,13,23H,2,5-6,9-12H2,1H3,(H,19,22)(H,20,21)/t13-/m1/s1. The highest BCUT2D eigenvalue weighted by Gasteiger charge is 2.29. The average Bonchev–Trinajstić information content (AvgIpc) is 3.03. The van der Waals surface area contributed by atoms with Gasteiger partial charge in [-0.25, -0.2) is 4.98 Å². The van der Waals surface area contributed by atoms with Crippen LogP contribution < -0.4 is 5.32 Å². The Hall–Kier alpha value is -1.53. The molecule has 1 aromatic heterocycles. The molecule has 0 radical (unpaired) electrons. The minimum atomic E-state index is -0.705. The number of rotatable bonds is 6. The third-order valence-electron chi connectivity index (χ3n) is 4.66. The molecule has 0 bridgehead atoms. The number of thioether (sulfide) groups is 1. The first-order chi connectivity index (χ1) is 11.6. The van der Waals surface area contributed by atoms with Crippen LogP contribution in [-0.2, 0) is 4.79 Å². The van der Waals surface area contributed by atoms with Gasteiger partial charge < -0.3 is 15.4 Å². The zero-order valence-corrected chi connectivity index (χ0v) is 14.9. The van der Waals surface area contributed by atoms with Crippen LogP contribution in [0.25, 0.3) is 11.0 Å². The second-order valence-electron chi connectivity index (χ2n) is 6.65. The molecule has 1 fully saturated rings. The molecule has 3 rings (SSSR count). The van der Waals surface area contributed by atoms with Gasteiger partial charge in [-0.15, -0.1) is 11.8 Å². The van der Waals surface area contributed by atoms with Crippen LogP contribution in [0.5, 0.6) is 0 Å². The maximum Gasteiger partial charge on any atom is 0.230 e. The van der Waals surface area contributed by atoms with Gasteiger partial charge in [0, 0.05) is 6.54 Å². The van der Waals surface area contributed by atoms with E-state index in [2.05, 4.69) is 15.3 Å². The van der Waals surface area contributed by atoms with Crippen LogP contribution in [0.4, 0.5) is 0 Å². The summed E-state index contributed by atoms with van der Waals surface area (Å²) < 4.78 is 0. The highest BCUT2D eigenvalue weighted by atomic mass is 32.2. The lowest BCUT2D eigenvalue weighted by molar-refractivity contribution is -0.120. The second kappa shape index (κ2) is 7.57. The number of carbonyl (C=O) groups excluding carboxylic acids is 1. The fraction of sp³-hybridized carbons (Fsp3) is 0.556. The van der Waals surface area contributed by atoms with E-state index in [-0.39, 0.29) is 11.2 Å². The number of nitrogens with zero attached hydrogens (tertiary/aromatic N) is 1. The third kappa shape index (κ3) is 4.30. The van der Waals surface area contributed by atoms with Crippen LogP contribution in [0.1, 0.15) is 50.1 Å². The third-order valence-corrected chi connectivity index (χ3v) is 5.81. The SMILES string of the molecule is C[C@@H](SCC(=O)NCC1(O)CCCCC1)c1nc2ccccc2[nH]1. The van der Waals surface area contributed by atoms with E-state index in [9.17, 15) is 9.90 Å². The van der Waals surface area contributed by atoms with E-state index in [1.54, 1.807) is 11.8 Å². The molecule has 1 saturated carbocycles. The molecular weight excluding hydrogens is 322 g/mol. The highest BCUT2D eigenvalue weighted by molar-refractivity contribution is 8.00. The Balaban J connectivity index is 1.46. The lowest BCUT2D eigenvalue weighted by atomic mass is 9.85. The number of hydrogen-bond acceptors (Lipinski definition) is 4. The van der Waals surface area contributed by atoms with Crippen molar-refractivity contribution in [2.75, 3.05) is 12.3 Å². The Bertz CT molecular complexity index is 661. The first-order valence-corrected chi connectivity index (χ1v) is 9.66. The summed E-state index contributed by atoms with van der Waals surface area (Å²) in [6.45, 7) is 2.41. The predicted molar refractivity (Wildman–Crippen MR) is 98.0 cm³/mol. The predicted octanol–water partition coefficient (Wildman–Crippen LogP) is 3.17. The zero-order chi connectivity index (χ0) is 17.0. The summed E-state index contributed by atoms with van der Waals surface area (Å²) >= 11 is 1.55. The van der Waals surface area contributed by atoms with Crippen molar-refractivity contribution in [3.63, 3.8) is 0 Å². The number of fused-ring (bicyclic) bond motifs is 1. The summed E-state index contributed by atoms with van der Waals surface area (Å²) in [5.74, 6) is 1.23. The fourth-order valence-electron chi connectivity index (χ4n) is 3.15. The van der Waals surface area contributed by atoms with Crippen molar-refractivity contribution in [2.45, 2.75) is 49.9 Å². The summed E-state index contributed by atoms with van der Waals surface area (Å²) in [7, 11) is 0. The van der Waals surface area contributed by atoms with E-state index in [1.807, 2.05) is 31.2 Å². The Kier molecular flexibility index (Phi) is 5.46. The maximum absolute atomic E-state index is 12.1. The maximum atomic E-state index is 12.1. The Labute approximate surface area is 146 Å². The molecule has 1 amide bonds. The van der Waals surface area contributed by atoms with Crippen molar-refractivity contribution in [3.05, 3.63) is 30.1 Å². The number of benzene rings is 1. The molecule has 1 atom stereocenters. The number of carbonyl (C=O) groups is 1. The minimum Gasteiger partial charge on any atom is -0.388 e. The van der Waals surface area contributed by atoms with Crippen LogP contribution in [0.2, 0.25) is 0 Å². The number of nitrogens with one attached hydrogen (secondary N) is 2. The van der Waals surface area contributed by atoms with Crippen molar-refractivity contribution in [2.24, 2.45) is 0 Å². The number of para-hydroxylation sites is 2. The molecule has 0 saturated heterocycles. The largest absolute Gasteiger partial charge is 0.388 e. The van der Waals surface area contributed by atoms with Gasteiger partial charge in [-0.2, -0.15) is 0 Å². The highest BCUT2D eigenvalue weighted by Crippen LogP contribution is 2.29. The van der Waals surface area contributed by atoms with Gasteiger partial charge in [0.1, 0.15) is 5.82 Å². The van der Waals surface area contributed by atoms with E-state index in [1.165, 1.54) is 6.42 Å². The van der Waals surface area contributed by atoms with E-state index in [0.717, 1.165) is 42.5 Å². The molecule has 1 aliphatic rings. The molecule has 0 aliphatic heterocycles. The molecule has 24 heavy (non-hydrogen) atoms. The van der Waals surface area contributed by atoms with Gasteiger partial charge in [0.25, 0.3) is 0 Å². The lowest BCUT2D eigenvalue weighted by Crippen LogP contribution is -2.44. The number of H-pyrrole nitrogens is 1. The molecular formula is C18H25N3O2S. The van der Waals surface area contributed by atoms with Crippen molar-refractivity contribution < 1.29 is 9.90 Å². The Morgan fingerprint density at radius 3 is 2.88 bits per heavy atom. The molecule has 3 N–H and O–H groups in total. The molecule has 130 valence electrons. The van der Waals surface area contributed by atoms with Crippen molar-refractivity contribution >= 4 is 28.7 Å². The first-order valence-electron chi connectivity index (χ1n) is 8.61. The van der Waals surface area contributed by atoms with Crippen molar-refractivity contribution in [1.29, 1.82) is 0 Å². The number of aromatic amines is 1. The van der Waals surface area contributed by atoms with E-state index >= 15 is 0 Å². The normalized spacial score (nSPS) is 18.4. The van der Waals surface area contributed by atoms with Gasteiger partial charge in [-0.05, 0) is 31.9 Å². The average molecular weight is 347 g/mol. The second-order valence-corrected chi connectivity index (χ2v) is 7.98. The molecule has 5 nitrogen and oxygen atoms in total. The summed E-state index contributed by atoms with van der Waals surface area (Å²) in [4.78, 5) is 19.9. The topological polar surface area (TPSA) is 78.0 Å². The summed E-state index contributed by atoms with van der Waals surface area (Å²) in [6.07, 6.45) is 4.85. The molecule has 6 heteroatoms. The molecule has 0 spiro atoms. The Morgan fingerprint density at radius 1 is 1.38 bits per heavy atom. The summed E-state index contributed by atoms with van der Waals surface area (Å²) in [5.41, 5.74) is 1.26. The molecule has 2 aromatic rings. The van der Waals surface area contributed by atoms with Crippen LogP contribution >= 0.6 is 11.8 Å². The molecule has 1 aromatic carbocycles. The summed E-state index contributed by atoms with van der Waals surface area (Å²) in [5, 5.41) is 13.4. The van der Waals surface area contributed by atoms with Gasteiger partial charge in [0.05, 0.1) is 27.6 Å². The van der Waals surface area contributed by atoms with E-state index in [4.69, 9.17) is 0 Å². The van der Waals surface area contributed by atoms with Gasteiger partial charge >= 0.3 is 0 Å². The number of aliphatic hydroxyl groups is 1.